The van der Waals surface area contributed by atoms with E-state index >= 15 is 0 Å². The molecule has 23 heavy (non-hydrogen) atoms. The molecule has 1 heterocycles. The van der Waals surface area contributed by atoms with Gasteiger partial charge in [-0.1, -0.05) is 36.1 Å². The zero-order valence-corrected chi connectivity index (χ0v) is 13.9. The molecule has 0 spiro atoms. The lowest BCUT2D eigenvalue weighted by Gasteiger charge is -2.18. The topological polar surface area (TPSA) is 83.9 Å². The number of ether oxygens (including phenoxy) is 1. The summed E-state index contributed by atoms with van der Waals surface area (Å²) in [5.41, 5.74) is 1.10. The van der Waals surface area contributed by atoms with E-state index in [1.54, 1.807) is 30.3 Å². The Kier molecular flexibility index (Phi) is 5.17. The lowest BCUT2D eigenvalue weighted by Crippen LogP contribution is -2.41. The summed E-state index contributed by atoms with van der Waals surface area (Å²) in [6.45, 7) is 1.40. The summed E-state index contributed by atoms with van der Waals surface area (Å²) in [6, 6.07) is 5.48. The Morgan fingerprint density at radius 2 is 1.96 bits per heavy atom. The molecule has 1 fully saturated rings. The molecule has 1 aromatic rings. The van der Waals surface area contributed by atoms with Crippen molar-refractivity contribution in [2.45, 2.75) is 13.0 Å². The third-order valence-electron chi connectivity index (χ3n) is 3.20. The molecule has 1 amide bonds. The molecule has 1 aliphatic rings. The number of nitrogens with zero attached hydrogens (tertiary/aromatic N) is 1. The van der Waals surface area contributed by atoms with Crippen molar-refractivity contribution in [3.8, 4) is 0 Å². The van der Waals surface area contributed by atoms with E-state index < -0.39 is 23.9 Å². The van der Waals surface area contributed by atoms with E-state index in [9.17, 15) is 14.4 Å². The highest BCUT2D eigenvalue weighted by molar-refractivity contribution is 8.26. The van der Waals surface area contributed by atoms with Crippen molar-refractivity contribution in [3.63, 3.8) is 0 Å². The van der Waals surface area contributed by atoms with Gasteiger partial charge in [-0.25, -0.2) is 9.59 Å². The quantitative estimate of drug-likeness (QED) is 0.505. The number of hydrogen-bond acceptors (Lipinski definition) is 6. The number of rotatable bonds is 4. The van der Waals surface area contributed by atoms with Crippen molar-refractivity contribution >= 4 is 52.2 Å². The van der Waals surface area contributed by atoms with Crippen molar-refractivity contribution in [1.29, 1.82) is 0 Å². The number of hydrogen-bond donors (Lipinski definition) is 1. The Bertz CT molecular complexity index is 711. The van der Waals surface area contributed by atoms with Crippen LogP contribution in [0.3, 0.4) is 0 Å². The molecule has 8 heteroatoms. The van der Waals surface area contributed by atoms with Gasteiger partial charge in [-0.15, -0.1) is 0 Å². The largest absolute Gasteiger partial charge is 0.480 e. The third kappa shape index (κ3) is 3.59. The fourth-order valence-corrected chi connectivity index (χ4v) is 3.33. The van der Waals surface area contributed by atoms with Crippen molar-refractivity contribution in [3.05, 3.63) is 40.3 Å². The van der Waals surface area contributed by atoms with Crippen LogP contribution >= 0.6 is 24.0 Å². The van der Waals surface area contributed by atoms with Crippen molar-refractivity contribution < 1.29 is 24.2 Å². The lowest BCUT2D eigenvalue weighted by atomic mass is 10.1. The second-order valence-electron chi connectivity index (χ2n) is 4.68. The Morgan fingerprint density at radius 3 is 2.48 bits per heavy atom. The summed E-state index contributed by atoms with van der Waals surface area (Å²) in [4.78, 5) is 36.1. The summed E-state index contributed by atoms with van der Waals surface area (Å²) in [5, 5.41) is 9.03. The molecule has 1 atom stereocenters. The maximum absolute atomic E-state index is 12.3. The van der Waals surface area contributed by atoms with Gasteiger partial charge in [0.1, 0.15) is 10.4 Å². The standard InChI is InChI=1S/C15H13NO5S2/c1-8(13(18)19)16-12(17)11(23-15(16)22)7-9-3-5-10(6-4-9)14(20)21-2/h3-8H,1-2H3,(H,18,19)/b11-7-. The molecule has 1 aliphatic heterocycles. The fourth-order valence-electron chi connectivity index (χ4n) is 1.91. The van der Waals surface area contributed by atoms with E-state index in [2.05, 4.69) is 4.74 Å². The summed E-state index contributed by atoms with van der Waals surface area (Å²) < 4.78 is 4.82. The van der Waals surface area contributed by atoms with Crippen LogP contribution in [0, 0.1) is 0 Å². The van der Waals surface area contributed by atoms with Gasteiger partial charge in [-0.3, -0.25) is 9.69 Å². The highest BCUT2D eigenvalue weighted by Gasteiger charge is 2.38. The number of esters is 1. The van der Waals surface area contributed by atoms with Crippen LogP contribution in [-0.2, 0) is 14.3 Å². The van der Waals surface area contributed by atoms with Gasteiger partial charge in [0, 0.05) is 0 Å². The SMILES string of the molecule is COC(=O)c1ccc(/C=C2\SC(=S)N(C(C)C(=O)O)C2=O)cc1. The zero-order valence-electron chi connectivity index (χ0n) is 12.3. The second kappa shape index (κ2) is 6.93. The maximum atomic E-state index is 12.3. The number of carboxylic acids is 1. The number of carboxylic acid groups (broad SMARTS) is 1. The number of carbonyl (C=O) groups is 3. The summed E-state index contributed by atoms with van der Waals surface area (Å²) in [7, 11) is 1.30. The number of benzene rings is 1. The van der Waals surface area contributed by atoms with Crippen LogP contribution in [0.1, 0.15) is 22.8 Å². The third-order valence-corrected chi connectivity index (χ3v) is 4.53. The van der Waals surface area contributed by atoms with Gasteiger partial charge < -0.3 is 9.84 Å². The number of aliphatic carboxylic acids is 1. The number of thiocarbonyl (C=S) groups is 1. The molecule has 1 aromatic carbocycles. The number of thioether (sulfide) groups is 1. The smallest absolute Gasteiger partial charge is 0.337 e. The molecule has 1 N–H and O–H groups in total. The highest BCUT2D eigenvalue weighted by atomic mass is 32.2. The molecule has 0 aliphatic carbocycles. The first-order chi connectivity index (χ1) is 10.8. The van der Waals surface area contributed by atoms with E-state index in [1.807, 2.05) is 0 Å². The van der Waals surface area contributed by atoms with E-state index in [-0.39, 0.29) is 4.32 Å². The van der Waals surface area contributed by atoms with Crippen LogP contribution in [0.15, 0.2) is 29.2 Å². The minimum atomic E-state index is -1.12. The van der Waals surface area contributed by atoms with Gasteiger partial charge in [-0.2, -0.15) is 0 Å². The average Bonchev–Trinajstić information content (AvgIpc) is 2.80. The molecule has 2 rings (SSSR count). The van der Waals surface area contributed by atoms with Crippen LogP contribution in [0.4, 0.5) is 0 Å². The van der Waals surface area contributed by atoms with Crippen LogP contribution in [-0.4, -0.2) is 45.3 Å². The molecule has 0 bridgehead atoms. The number of amides is 1. The number of methoxy groups -OCH3 is 1. The van der Waals surface area contributed by atoms with Gasteiger partial charge in [0.15, 0.2) is 0 Å². The molecule has 120 valence electrons. The van der Waals surface area contributed by atoms with Crippen LogP contribution in [0.25, 0.3) is 6.08 Å². The Labute approximate surface area is 142 Å². The van der Waals surface area contributed by atoms with E-state index in [0.717, 1.165) is 16.7 Å². The fraction of sp³-hybridized carbons (Fsp3) is 0.200. The molecule has 6 nitrogen and oxygen atoms in total. The summed E-state index contributed by atoms with van der Waals surface area (Å²) >= 11 is 6.13. The Balaban J connectivity index is 2.24. The predicted octanol–water partition coefficient (Wildman–Crippen LogP) is 2.15. The highest BCUT2D eigenvalue weighted by Crippen LogP contribution is 2.33. The average molecular weight is 351 g/mol. The van der Waals surface area contributed by atoms with Crippen molar-refractivity contribution in [2.24, 2.45) is 0 Å². The first-order valence-corrected chi connectivity index (χ1v) is 7.76. The van der Waals surface area contributed by atoms with E-state index in [0.29, 0.717) is 16.0 Å². The van der Waals surface area contributed by atoms with Crippen molar-refractivity contribution in [1.82, 2.24) is 4.90 Å². The normalized spacial score (nSPS) is 17.5. The molecule has 0 aromatic heterocycles. The number of carbonyl (C=O) groups excluding carboxylic acids is 2. The molecule has 0 radical (unpaired) electrons. The zero-order chi connectivity index (χ0) is 17.1. The summed E-state index contributed by atoms with van der Waals surface area (Å²) in [5.74, 6) is -2.00. The van der Waals surface area contributed by atoms with Gasteiger partial charge in [0.05, 0.1) is 17.6 Å². The van der Waals surface area contributed by atoms with Crippen LogP contribution < -0.4 is 0 Å². The van der Waals surface area contributed by atoms with Gasteiger partial charge >= 0.3 is 11.9 Å². The first kappa shape index (κ1) is 17.2. The van der Waals surface area contributed by atoms with Gasteiger partial charge in [0.2, 0.25) is 0 Å². The molecule has 1 saturated heterocycles. The molecule has 1 unspecified atom stereocenters. The second-order valence-corrected chi connectivity index (χ2v) is 6.36. The monoisotopic (exact) mass is 351 g/mol. The Hall–Kier alpha value is -2.19. The summed E-state index contributed by atoms with van der Waals surface area (Å²) in [6.07, 6.45) is 1.61. The minimum absolute atomic E-state index is 0.210. The molecule has 0 saturated carbocycles. The molecular weight excluding hydrogens is 338 g/mol. The van der Waals surface area contributed by atoms with Gasteiger partial charge in [0.25, 0.3) is 5.91 Å². The minimum Gasteiger partial charge on any atom is -0.480 e. The lowest BCUT2D eigenvalue weighted by molar-refractivity contribution is -0.144. The van der Waals surface area contributed by atoms with E-state index in [1.165, 1.54) is 14.0 Å². The molecular formula is C15H13NO5S2. The van der Waals surface area contributed by atoms with Gasteiger partial charge in [-0.05, 0) is 30.7 Å². The van der Waals surface area contributed by atoms with Crippen LogP contribution in [0.2, 0.25) is 0 Å². The Morgan fingerprint density at radius 1 is 1.35 bits per heavy atom. The predicted molar refractivity (Wildman–Crippen MR) is 89.9 cm³/mol. The van der Waals surface area contributed by atoms with Crippen molar-refractivity contribution in [2.75, 3.05) is 7.11 Å². The first-order valence-electron chi connectivity index (χ1n) is 6.53. The maximum Gasteiger partial charge on any atom is 0.337 e. The van der Waals surface area contributed by atoms with E-state index in [4.69, 9.17) is 17.3 Å². The van der Waals surface area contributed by atoms with Crippen LogP contribution in [0.5, 0.6) is 0 Å².